The van der Waals surface area contributed by atoms with Crippen molar-refractivity contribution in [3.8, 4) is 0 Å². The van der Waals surface area contributed by atoms with Crippen LogP contribution in [0.4, 0.5) is 0 Å². The molecule has 0 aromatic rings. The monoisotopic (exact) mass is 86.1 g/mol. The zero-order valence-corrected chi connectivity index (χ0v) is 4.28. The largest absolute Gasteiger partial charge is 0.355 e. The van der Waals surface area contributed by atoms with E-state index in [1.807, 2.05) is 0 Å². The Bertz CT molecular complexity index is 43.9. The second kappa shape index (κ2) is 1.23. The molecule has 1 heteroatoms. The summed E-state index contributed by atoms with van der Waals surface area (Å²) in [4.78, 5) is 0. The van der Waals surface area contributed by atoms with Crippen molar-refractivity contribution in [2.75, 3.05) is 0 Å². The van der Waals surface area contributed by atoms with Crippen LogP contribution in [-0.4, -0.2) is 6.04 Å². The smallest absolute Gasteiger partial charge is 0.0869 e. The van der Waals surface area contributed by atoms with E-state index in [2.05, 4.69) is 12.7 Å². The predicted octanol–water partition coefficient (Wildman–Crippen LogP) is 0.0268. The molecule has 2 atom stereocenters. The fourth-order valence-corrected chi connectivity index (χ4v) is 0.736. The van der Waals surface area contributed by atoms with Crippen LogP contribution in [0.15, 0.2) is 0 Å². The Labute approximate surface area is 38.5 Å². The highest BCUT2D eigenvalue weighted by Crippen LogP contribution is 2.22. The topological polar surface area (TPSA) is 27.6 Å². The minimum absolute atomic E-state index is 0.782. The van der Waals surface area contributed by atoms with Gasteiger partial charge in [-0.15, -0.1) is 0 Å². The van der Waals surface area contributed by atoms with Gasteiger partial charge in [0, 0.05) is 5.92 Å². The van der Waals surface area contributed by atoms with Crippen LogP contribution in [0.25, 0.3) is 0 Å². The summed E-state index contributed by atoms with van der Waals surface area (Å²) in [6.07, 6.45) is 2.77. The molecule has 6 heavy (non-hydrogen) atoms. The van der Waals surface area contributed by atoms with E-state index >= 15 is 0 Å². The molecule has 0 aliphatic heterocycles. The van der Waals surface area contributed by atoms with Gasteiger partial charge >= 0.3 is 0 Å². The van der Waals surface area contributed by atoms with Gasteiger partial charge in [0.2, 0.25) is 0 Å². The minimum Gasteiger partial charge on any atom is -0.355 e. The predicted molar refractivity (Wildman–Crippen MR) is 25.1 cm³/mol. The molecule has 0 spiro atoms. The van der Waals surface area contributed by atoms with E-state index in [9.17, 15) is 0 Å². The maximum Gasteiger partial charge on any atom is 0.0869 e. The van der Waals surface area contributed by atoms with Gasteiger partial charge in [-0.05, 0) is 12.8 Å². The highest BCUT2D eigenvalue weighted by molar-refractivity contribution is 4.73. The maximum atomic E-state index is 3.92. The van der Waals surface area contributed by atoms with Gasteiger partial charge < -0.3 is 5.73 Å². The lowest BCUT2D eigenvalue weighted by Gasteiger charge is -2.25. The van der Waals surface area contributed by atoms with Crippen molar-refractivity contribution in [1.82, 2.24) is 0 Å². The molecule has 1 saturated carbocycles. The normalized spacial score (nSPS) is 45.0. The van der Waals surface area contributed by atoms with Gasteiger partial charge in [-0.3, -0.25) is 0 Å². The summed E-state index contributed by atoms with van der Waals surface area (Å²) in [5, 5.41) is 0. The van der Waals surface area contributed by atoms with Gasteiger partial charge in [0.05, 0.1) is 6.04 Å². The summed E-state index contributed by atoms with van der Waals surface area (Å²) in [5.74, 6) is 0.921. The first kappa shape index (κ1) is 4.13. The van der Waals surface area contributed by atoms with Crippen molar-refractivity contribution in [2.45, 2.75) is 25.8 Å². The fraction of sp³-hybridized carbons (Fsp3) is 1.00. The highest BCUT2D eigenvalue weighted by Gasteiger charge is 2.25. The van der Waals surface area contributed by atoms with Crippen LogP contribution >= 0.6 is 0 Å². The van der Waals surface area contributed by atoms with Gasteiger partial charge in [-0.2, -0.15) is 0 Å². The van der Waals surface area contributed by atoms with Gasteiger partial charge in [0.15, 0.2) is 0 Å². The molecule has 0 heterocycles. The molecular formula is C5H12N+. The molecule has 0 aromatic heterocycles. The van der Waals surface area contributed by atoms with Crippen molar-refractivity contribution >= 4 is 0 Å². The molecule has 1 aliphatic carbocycles. The lowest BCUT2D eigenvalue weighted by molar-refractivity contribution is -0.452. The lowest BCUT2D eigenvalue weighted by Crippen LogP contribution is -2.67. The van der Waals surface area contributed by atoms with Gasteiger partial charge in [0.25, 0.3) is 0 Å². The minimum atomic E-state index is 0.782. The van der Waals surface area contributed by atoms with Crippen LogP contribution in [0.5, 0.6) is 0 Å². The number of rotatable bonds is 0. The van der Waals surface area contributed by atoms with E-state index in [4.69, 9.17) is 0 Å². The molecule has 2 unspecified atom stereocenters. The van der Waals surface area contributed by atoms with E-state index in [1.165, 1.54) is 12.8 Å². The van der Waals surface area contributed by atoms with Crippen LogP contribution in [0.3, 0.4) is 0 Å². The molecule has 1 rings (SSSR count). The Hall–Kier alpha value is -0.0400. The SMILES string of the molecule is CC1CCC1[NH3+]. The van der Waals surface area contributed by atoms with Crippen LogP contribution in [0.1, 0.15) is 19.8 Å². The highest BCUT2D eigenvalue weighted by atomic mass is 14.7. The van der Waals surface area contributed by atoms with Crippen molar-refractivity contribution in [3.05, 3.63) is 0 Å². The number of hydrogen-bond donors (Lipinski definition) is 1. The molecular weight excluding hydrogens is 74.1 g/mol. The lowest BCUT2D eigenvalue weighted by atomic mass is 9.82. The molecule has 0 radical (unpaired) electrons. The molecule has 0 aromatic carbocycles. The van der Waals surface area contributed by atoms with E-state index in [0.29, 0.717) is 0 Å². The van der Waals surface area contributed by atoms with Gasteiger partial charge in [0.1, 0.15) is 0 Å². The Morgan fingerprint density at radius 1 is 1.50 bits per heavy atom. The summed E-state index contributed by atoms with van der Waals surface area (Å²) in [6.45, 7) is 2.27. The van der Waals surface area contributed by atoms with Gasteiger partial charge in [-0.1, -0.05) is 6.92 Å². The van der Waals surface area contributed by atoms with E-state index in [-0.39, 0.29) is 0 Å². The third-order valence-electron chi connectivity index (χ3n) is 1.80. The standard InChI is InChI=1S/C5H11N/c1-4-2-3-5(4)6/h4-5H,2-3,6H2,1H3/p+1. The van der Waals surface area contributed by atoms with Crippen molar-refractivity contribution in [3.63, 3.8) is 0 Å². The van der Waals surface area contributed by atoms with Crippen LogP contribution in [0, 0.1) is 5.92 Å². The summed E-state index contributed by atoms with van der Waals surface area (Å²) in [7, 11) is 0. The van der Waals surface area contributed by atoms with E-state index < -0.39 is 0 Å². The zero-order valence-electron chi connectivity index (χ0n) is 4.28. The second-order valence-electron chi connectivity index (χ2n) is 2.31. The zero-order chi connectivity index (χ0) is 4.57. The molecule has 0 amide bonds. The van der Waals surface area contributed by atoms with Crippen LogP contribution in [-0.2, 0) is 0 Å². The quantitative estimate of drug-likeness (QED) is 0.430. The molecule has 1 fully saturated rings. The molecule has 0 bridgehead atoms. The Morgan fingerprint density at radius 3 is 2.00 bits per heavy atom. The Morgan fingerprint density at radius 2 is 2.00 bits per heavy atom. The average Bonchev–Trinajstić information content (AvgIpc) is 1.61. The first-order valence-electron chi connectivity index (χ1n) is 2.64. The molecule has 36 valence electrons. The van der Waals surface area contributed by atoms with Crippen LogP contribution in [0.2, 0.25) is 0 Å². The summed E-state index contributed by atoms with van der Waals surface area (Å²) in [5.41, 5.74) is 3.92. The second-order valence-corrected chi connectivity index (χ2v) is 2.31. The Kier molecular flexibility index (Phi) is 0.845. The molecule has 3 N–H and O–H groups in total. The maximum absolute atomic E-state index is 3.92. The first-order valence-corrected chi connectivity index (χ1v) is 2.64. The first-order chi connectivity index (χ1) is 2.80. The average molecular weight is 86.2 g/mol. The van der Waals surface area contributed by atoms with Crippen molar-refractivity contribution in [1.29, 1.82) is 0 Å². The number of quaternary nitrogens is 1. The van der Waals surface area contributed by atoms with Crippen molar-refractivity contribution < 1.29 is 5.73 Å². The fourth-order valence-electron chi connectivity index (χ4n) is 0.736. The summed E-state index contributed by atoms with van der Waals surface area (Å²) >= 11 is 0. The van der Waals surface area contributed by atoms with E-state index in [0.717, 1.165) is 12.0 Å². The molecule has 0 saturated heterocycles. The van der Waals surface area contributed by atoms with Crippen LogP contribution < -0.4 is 5.73 Å². The third kappa shape index (κ3) is 0.432. The molecule has 1 aliphatic rings. The Balaban J connectivity index is 2.20. The summed E-state index contributed by atoms with van der Waals surface area (Å²) < 4.78 is 0. The third-order valence-corrected chi connectivity index (χ3v) is 1.80. The van der Waals surface area contributed by atoms with E-state index in [1.54, 1.807) is 0 Å². The molecule has 1 nitrogen and oxygen atoms in total. The number of hydrogen-bond acceptors (Lipinski definition) is 0. The van der Waals surface area contributed by atoms with Gasteiger partial charge in [-0.25, -0.2) is 0 Å². The summed E-state index contributed by atoms with van der Waals surface area (Å²) in [6, 6.07) is 0.782. The van der Waals surface area contributed by atoms with Crippen molar-refractivity contribution in [2.24, 2.45) is 5.92 Å².